The van der Waals surface area contributed by atoms with Crippen molar-refractivity contribution in [2.75, 3.05) is 9.80 Å². The van der Waals surface area contributed by atoms with Crippen LogP contribution in [0.25, 0.3) is 87.7 Å². The van der Waals surface area contributed by atoms with Gasteiger partial charge in [0, 0.05) is 44.3 Å². The Hall–Kier alpha value is -8.08. The van der Waals surface area contributed by atoms with Gasteiger partial charge in [-0.3, -0.25) is 0 Å². The van der Waals surface area contributed by atoms with Crippen molar-refractivity contribution >= 4 is 99.5 Å². The van der Waals surface area contributed by atoms with Gasteiger partial charge >= 0.3 is 0 Å². The number of hydrogen-bond acceptors (Lipinski definition) is 4. The van der Waals surface area contributed by atoms with Crippen LogP contribution in [-0.2, 0) is 10.8 Å². The van der Waals surface area contributed by atoms with E-state index in [0.29, 0.717) is 0 Å². The lowest BCUT2D eigenvalue weighted by Crippen LogP contribution is -2.19. The predicted molar refractivity (Wildman–Crippen MR) is 287 cm³/mol. The van der Waals surface area contributed by atoms with Crippen molar-refractivity contribution in [2.24, 2.45) is 0 Å². The van der Waals surface area contributed by atoms with E-state index in [9.17, 15) is 0 Å². The molecule has 328 valence electrons. The van der Waals surface area contributed by atoms with Gasteiger partial charge in [-0.2, -0.15) is 0 Å². The van der Waals surface area contributed by atoms with Crippen LogP contribution >= 0.6 is 0 Å². The lowest BCUT2D eigenvalue weighted by Gasteiger charge is -2.32. The van der Waals surface area contributed by atoms with Crippen molar-refractivity contribution in [3.8, 4) is 22.3 Å². The number of nitrogens with zero attached hydrogens (tertiary/aromatic N) is 2. The molecule has 0 spiro atoms. The first-order valence-electron chi connectivity index (χ1n) is 23.7. The molecule has 0 atom stereocenters. The summed E-state index contributed by atoms with van der Waals surface area (Å²) in [4.78, 5) is 4.81. The third-order valence-corrected chi connectivity index (χ3v) is 14.2. The molecule has 13 rings (SSSR count). The average Bonchev–Trinajstić information content (AvgIpc) is 3.93. The third kappa shape index (κ3) is 6.20. The Kier molecular flexibility index (Phi) is 8.70. The predicted octanol–water partition coefficient (Wildman–Crippen LogP) is 19.0. The standard InChI is InChI=1S/C64H50N2O2/c1-63(2,3)53-21-9-11-23-55(53)65(57-25-15-19-47-45-17-7-13-27-59(45)67-61(47)57)43-31-29-39-35-49-50-36-40-30-32-44(34-42(40)38-52(50)51(49)37-41(39)33-43)66(56-24-12-10-22-54(56)64(4,5)6)58-26-16-20-48-46-18-8-14-28-60(46)68-62(48)58/h7-38H,1-6H3. The highest BCUT2D eigenvalue weighted by Crippen LogP contribution is 2.53. The van der Waals surface area contributed by atoms with E-state index < -0.39 is 0 Å². The van der Waals surface area contributed by atoms with Crippen molar-refractivity contribution in [3.05, 3.63) is 205 Å². The molecule has 1 aliphatic rings. The molecular weight excluding hydrogens is 829 g/mol. The Morgan fingerprint density at radius 2 is 0.662 bits per heavy atom. The van der Waals surface area contributed by atoms with E-state index in [-0.39, 0.29) is 10.8 Å². The topological polar surface area (TPSA) is 32.8 Å². The molecule has 0 saturated carbocycles. The van der Waals surface area contributed by atoms with E-state index in [1.165, 1.54) is 54.9 Å². The smallest absolute Gasteiger partial charge is 0.159 e. The Balaban J connectivity index is 0.956. The zero-order chi connectivity index (χ0) is 46.1. The van der Waals surface area contributed by atoms with Gasteiger partial charge in [-0.15, -0.1) is 0 Å². The molecule has 0 amide bonds. The minimum Gasteiger partial charge on any atom is -0.454 e. The molecule has 4 nitrogen and oxygen atoms in total. The van der Waals surface area contributed by atoms with Gasteiger partial charge in [-0.25, -0.2) is 0 Å². The number of para-hydroxylation sites is 6. The minimum absolute atomic E-state index is 0.101. The fourth-order valence-electron chi connectivity index (χ4n) is 10.9. The van der Waals surface area contributed by atoms with Gasteiger partial charge in [0.05, 0.1) is 11.4 Å². The van der Waals surface area contributed by atoms with Crippen LogP contribution in [0, 0.1) is 0 Å². The van der Waals surface area contributed by atoms with Crippen LogP contribution in [0.5, 0.6) is 0 Å². The quantitative estimate of drug-likeness (QED) is 0.167. The summed E-state index contributed by atoms with van der Waals surface area (Å²) in [5.74, 6) is 0. The lowest BCUT2D eigenvalue weighted by molar-refractivity contribution is 0.590. The van der Waals surface area contributed by atoms with E-state index in [2.05, 4.69) is 233 Å². The van der Waals surface area contributed by atoms with Gasteiger partial charge in [-0.05, 0) is 151 Å². The molecule has 68 heavy (non-hydrogen) atoms. The Morgan fingerprint density at radius 3 is 1.09 bits per heavy atom. The molecule has 2 aromatic heterocycles. The van der Waals surface area contributed by atoms with Crippen molar-refractivity contribution in [3.63, 3.8) is 0 Å². The second-order valence-electron chi connectivity index (χ2n) is 20.6. The maximum atomic E-state index is 6.71. The summed E-state index contributed by atoms with van der Waals surface area (Å²) in [6.07, 6.45) is 0. The molecule has 0 fully saturated rings. The number of rotatable bonds is 6. The Bertz CT molecular complexity index is 3760. The monoisotopic (exact) mass is 878 g/mol. The molecule has 0 bridgehead atoms. The van der Waals surface area contributed by atoms with Crippen LogP contribution in [0.2, 0.25) is 0 Å². The molecule has 0 radical (unpaired) electrons. The zero-order valence-electron chi connectivity index (χ0n) is 39.2. The molecule has 2 heterocycles. The van der Waals surface area contributed by atoms with Crippen molar-refractivity contribution < 1.29 is 8.83 Å². The maximum absolute atomic E-state index is 6.71. The maximum Gasteiger partial charge on any atom is 0.159 e. The lowest BCUT2D eigenvalue weighted by atomic mass is 9.78. The van der Waals surface area contributed by atoms with Crippen LogP contribution in [0.15, 0.2) is 203 Å². The summed E-state index contributed by atoms with van der Waals surface area (Å²) < 4.78 is 13.4. The van der Waals surface area contributed by atoms with E-state index >= 15 is 0 Å². The normalized spacial score (nSPS) is 12.6. The first kappa shape index (κ1) is 40.2. The van der Waals surface area contributed by atoms with Crippen LogP contribution in [0.1, 0.15) is 52.7 Å². The largest absolute Gasteiger partial charge is 0.454 e. The van der Waals surface area contributed by atoms with Crippen molar-refractivity contribution in [1.29, 1.82) is 0 Å². The molecule has 0 N–H and O–H groups in total. The van der Waals surface area contributed by atoms with Crippen LogP contribution in [0.4, 0.5) is 34.1 Å². The van der Waals surface area contributed by atoms with Gasteiger partial charge in [0.1, 0.15) is 11.2 Å². The second-order valence-corrected chi connectivity index (χ2v) is 20.6. The Labute approximate surface area is 396 Å². The van der Waals surface area contributed by atoms with Gasteiger partial charge in [0.15, 0.2) is 11.2 Å². The van der Waals surface area contributed by atoms with Gasteiger partial charge in [-0.1, -0.05) is 151 Å². The summed E-state index contributed by atoms with van der Waals surface area (Å²) in [5.41, 5.74) is 17.5. The van der Waals surface area contributed by atoms with E-state index in [4.69, 9.17) is 8.83 Å². The third-order valence-electron chi connectivity index (χ3n) is 14.2. The van der Waals surface area contributed by atoms with Crippen LogP contribution in [-0.4, -0.2) is 0 Å². The summed E-state index contributed by atoms with van der Waals surface area (Å²) in [5, 5.41) is 9.28. The number of anilines is 6. The molecule has 0 saturated heterocycles. The first-order valence-corrected chi connectivity index (χ1v) is 23.7. The summed E-state index contributed by atoms with van der Waals surface area (Å²) in [6.45, 7) is 13.7. The highest BCUT2D eigenvalue weighted by molar-refractivity contribution is 6.15. The molecule has 1 aliphatic carbocycles. The highest BCUT2D eigenvalue weighted by atomic mass is 16.3. The fraction of sp³-hybridized carbons (Fsp3) is 0.125. The zero-order valence-corrected chi connectivity index (χ0v) is 39.2. The molecule has 10 aromatic carbocycles. The summed E-state index contributed by atoms with van der Waals surface area (Å²) >= 11 is 0. The van der Waals surface area contributed by atoms with Crippen molar-refractivity contribution in [2.45, 2.75) is 52.4 Å². The Morgan fingerprint density at radius 1 is 0.309 bits per heavy atom. The first-order chi connectivity index (χ1) is 33.0. The SMILES string of the molecule is CC(C)(C)c1ccccc1N(c1ccc2cc3c(cc2c1)-c1cc2cc(N(c4ccccc4C(C)(C)C)c4cccc5c4oc4ccccc45)ccc2cc1-3)c1cccc2c1oc1ccccc12. The van der Waals surface area contributed by atoms with Gasteiger partial charge in [0.2, 0.25) is 0 Å². The van der Waals surface area contributed by atoms with E-state index in [0.717, 1.165) is 78.0 Å². The van der Waals surface area contributed by atoms with Gasteiger partial charge in [0.25, 0.3) is 0 Å². The number of benzene rings is 10. The molecule has 0 unspecified atom stereocenters. The average molecular weight is 879 g/mol. The minimum atomic E-state index is -0.101. The van der Waals surface area contributed by atoms with Crippen LogP contribution in [0.3, 0.4) is 0 Å². The van der Waals surface area contributed by atoms with E-state index in [1.807, 2.05) is 12.1 Å². The highest BCUT2D eigenvalue weighted by Gasteiger charge is 2.29. The molecule has 0 aliphatic heterocycles. The fourth-order valence-corrected chi connectivity index (χ4v) is 10.9. The van der Waals surface area contributed by atoms with Crippen LogP contribution < -0.4 is 9.80 Å². The molecule has 4 heteroatoms. The number of fused-ring (bicyclic) bond motifs is 12. The molecular formula is C64H50N2O2. The van der Waals surface area contributed by atoms with Crippen molar-refractivity contribution in [1.82, 2.24) is 0 Å². The summed E-state index contributed by atoms with van der Waals surface area (Å²) in [6, 6.07) is 70.7. The van der Waals surface area contributed by atoms with E-state index in [1.54, 1.807) is 0 Å². The summed E-state index contributed by atoms with van der Waals surface area (Å²) in [7, 11) is 0. The number of hydrogen-bond donors (Lipinski definition) is 0. The second kappa shape index (κ2) is 14.7. The van der Waals surface area contributed by atoms with Gasteiger partial charge < -0.3 is 18.6 Å². The number of furan rings is 2. The molecule has 12 aromatic rings.